The van der Waals surface area contributed by atoms with Gasteiger partial charge in [-0.05, 0) is 18.8 Å². The Kier molecular flexibility index (Phi) is 4.23. The van der Waals surface area contributed by atoms with E-state index < -0.39 is 0 Å². The SMILES string of the molecule is CC(C)C(CBr)NC(=O)C1CCC1. The fraction of sp³-hybridized carbons (Fsp3) is 0.900. The van der Waals surface area contributed by atoms with Crippen LogP contribution in [0.25, 0.3) is 0 Å². The first kappa shape index (κ1) is 11.0. The second kappa shape index (κ2) is 4.99. The van der Waals surface area contributed by atoms with Crippen LogP contribution in [0.2, 0.25) is 0 Å². The van der Waals surface area contributed by atoms with Crippen molar-refractivity contribution in [3.8, 4) is 0 Å². The van der Waals surface area contributed by atoms with Gasteiger partial charge in [-0.15, -0.1) is 0 Å². The summed E-state index contributed by atoms with van der Waals surface area (Å²) in [6.45, 7) is 4.26. The van der Waals surface area contributed by atoms with Gasteiger partial charge in [-0.2, -0.15) is 0 Å². The van der Waals surface area contributed by atoms with E-state index in [1.807, 2.05) is 0 Å². The minimum atomic E-state index is 0.254. The summed E-state index contributed by atoms with van der Waals surface area (Å²) in [4.78, 5) is 11.6. The molecule has 0 aromatic carbocycles. The van der Waals surface area contributed by atoms with Gasteiger partial charge in [-0.25, -0.2) is 0 Å². The Hall–Kier alpha value is -0.0500. The zero-order valence-electron chi connectivity index (χ0n) is 8.35. The summed E-state index contributed by atoms with van der Waals surface area (Å²) in [7, 11) is 0. The normalized spacial score (nSPS) is 19.7. The molecular formula is C10H18BrNO. The van der Waals surface area contributed by atoms with Crippen molar-refractivity contribution in [1.82, 2.24) is 5.32 Å². The highest BCUT2D eigenvalue weighted by Gasteiger charge is 2.27. The van der Waals surface area contributed by atoms with E-state index in [1.54, 1.807) is 0 Å². The van der Waals surface area contributed by atoms with Crippen LogP contribution in [0.15, 0.2) is 0 Å². The van der Waals surface area contributed by atoms with E-state index in [0.29, 0.717) is 11.8 Å². The summed E-state index contributed by atoms with van der Waals surface area (Å²) >= 11 is 3.42. The highest BCUT2D eigenvalue weighted by Crippen LogP contribution is 2.26. The average Bonchev–Trinajstić information content (AvgIpc) is 1.96. The number of nitrogens with one attached hydrogen (secondary N) is 1. The van der Waals surface area contributed by atoms with Gasteiger partial charge in [0.05, 0.1) is 0 Å². The van der Waals surface area contributed by atoms with E-state index >= 15 is 0 Å². The minimum Gasteiger partial charge on any atom is -0.352 e. The molecule has 1 aliphatic carbocycles. The molecule has 3 heteroatoms. The van der Waals surface area contributed by atoms with Crippen molar-refractivity contribution in [3.63, 3.8) is 0 Å². The second-order valence-electron chi connectivity index (χ2n) is 4.14. The number of hydrogen-bond acceptors (Lipinski definition) is 1. The monoisotopic (exact) mass is 247 g/mol. The fourth-order valence-electron chi connectivity index (χ4n) is 1.35. The third-order valence-corrected chi connectivity index (χ3v) is 3.47. The molecule has 1 rings (SSSR count). The Balaban J connectivity index is 2.31. The standard InChI is InChI=1S/C10H18BrNO/c1-7(2)9(6-11)12-10(13)8-4-3-5-8/h7-9H,3-6H2,1-2H3,(H,12,13). The minimum absolute atomic E-state index is 0.254. The Labute approximate surface area is 88.6 Å². The van der Waals surface area contributed by atoms with Crippen LogP contribution in [-0.2, 0) is 4.79 Å². The van der Waals surface area contributed by atoms with Crippen LogP contribution < -0.4 is 5.32 Å². The Morgan fingerprint density at radius 3 is 2.46 bits per heavy atom. The van der Waals surface area contributed by atoms with Crippen LogP contribution in [0.3, 0.4) is 0 Å². The summed E-state index contributed by atoms with van der Waals surface area (Å²) in [5, 5.41) is 3.93. The molecule has 0 aromatic heterocycles. The van der Waals surface area contributed by atoms with Crippen molar-refractivity contribution >= 4 is 21.8 Å². The number of carbonyl (C=O) groups excluding carboxylic acids is 1. The molecule has 1 atom stereocenters. The molecule has 0 radical (unpaired) electrons. The third-order valence-electron chi connectivity index (χ3n) is 2.77. The van der Waals surface area contributed by atoms with Crippen LogP contribution in [-0.4, -0.2) is 17.3 Å². The van der Waals surface area contributed by atoms with Gasteiger partial charge in [0, 0.05) is 17.3 Å². The van der Waals surface area contributed by atoms with E-state index in [9.17, 15) is 4.79 Å². The number of rotatable bonds is 4. The summed E-state index contributed by atoms with van der Waals surface area (Å²) < 4.78 is 0. The summed E-state index contributed by atoms with van der Waals surface area (Å²) in [5.41, 5.74) is 0. The van der Waals surface area contributed by atoms with Gasteiger partial charge in [0.2, 0.25) is 5.91 Å². The van der Waals surface area contributed by atoms with Crippen molar-refractivity contribution in [2.75, 3.05) is 5.33 Å². The fourth-order valence-corrected chi connectivity index (χ4v) is 2.26. The molecule has 0 aromatic rings. The average molecular weight is 248 g/mol. The molecule has 0 saturated heterocycles. The number of carbonyl (C=O) groups is 1. The molecule has 2 nitrogen and oxygen atoms in total. The van der Waals surface area contributed by atoms with Crippen molar-refractivity contribution in [2.45, 2.75) is 39.2 Å². The molecule has 0 spiro atoms. The second-order valence-corrected chi connectivity index (χ2v) is 4.79. The van der Waals surface area contributed by atoms with Crippen molar-refractivity contribution in [1.29, 1.82) is 0 Å². The van der Waals surface area contributed by atoms with Crippen molar-refractivity contribution in [3.05, 3.63) is 0 Å². The first-order valence-electron chi connectivity index (χ1n) is 5.01. The van der Waals surface area contributed by atoms with Crippen LogP contribution in [0, 0.1) is 11.8 Å². The summed E-state index contributed by atoms with van der Waals surface area (Å²) in [6, 6.07) is 0.285. The van der Waals surface area contributed by atoms with E-state index in [0.717, 1.165) is 18.2 Å². The first-order valence-corrected chi connectivity index (χ1v) is 6.13. The zero-order chi connectivity index (χ0) is 9.84. The lowest BCUT2D eigenvalue weighted by molar-refractivity contribution is -0.128. The molecule has 13 heavy (non-hydrogen) atoms. The van der Waals surface area contributed by atoms with Gasteiger partial charge in [-0.1, -0.05) is 36.2 Å². The van der Waals surface area contributed by atoms with Gasteiger partial charge in [0.1, 0.15) is 0 Å². The maximum absolute atomic E-state index is 11.6. The number of amides is 1. The van der Waals surface area contributed by atoms with Gasteiger partial charge in [-0.3, -0.25) is 4.79 Å². The van der Waals surface area contributed by atoms with Crippen LogP contribution >= 0.6 is 15.9 Å². The molecule has 0 bridgehead atoms. The van der Waals surface area contributed by atoms with Crippen LogP contribution in [0.5, 0.6) is 0 Å². The highest BCUT2D eigenvalue weighted by atomic mass is 79.9. The lowest BCUT2D eigenvalue weighted by Crippen LogP contribution is -2.44. The summed E-state index contributed by atoms with van der Waals surface area (Å²) in [5.74, 6) is 1.06. The van der Waals surface area contributed by atoms with Crippen molar-refractivity contribution in [2.24, 2.45) is 11.8 Å². The predicted molar refractivity (Wildman–Crippen MR) is 57.9 cm³/mol. The molecule has 0 aliphatic heterocycles. The van der Waals surface area contributed by atoms with E-state index in [2.05, 4.69) is 35.1 Å². The molecule has 1 unspecified atom stereocenters. The quantitative estimate of drug-likeness (QED) is 0.760. The van der Waals surface area contributed by atoms with Crippen LogP contribution in [0.4, 0.5) is 0 Å². The highest BCUT2D eigenvalue weighted by molar-refractivity contribution is 9.09. The van der Waals surface area contributed by atoms with E-state index in [-0.39, 0.29) is 11.9 Å². The van der Waals surface area contributed by atoms with E-state index in [4.69, 9.17) is 0 Å². The molecule has 1 aliphatic rings. The van der Waals surface area contributed by atoms with Gasteiger partial charge < -0.3 is 5.32 Å². The smallest absolute Gasteiger partial charge is 0.223 e. The number of halogens is 1. The lowest BCUT2D eigenvalue weighted by Gasteiger charge is -2.28. The molecule has 76 valence electrons. The molecule has 0 heterocycles. The molecule has 1 fully saturated rings. The maximum atomic E-state index is 11.6. The molecule has 1 N–H and O–H groups in total. The topological polar surface area (TPSA) is 29.1 Å². The molecule has 1 saturated carbocycles. The number of hydrogen-bond donors (Lipinski definition) is 1. The largest absolute Gasteiger partial charge is 0.352 e. The predicted octanol–water partition coefficient (Wildman–Crippen LogP) is 2.32. The van der Waals surface area contributed by atoms with E-state index in [1.165, 1.54) is 6.42 Å². The van der Waals surface area contributed by atoms with Crippen LogP contribution in [0.1, 0.15) is 33.1 Å². The Bertz CT molecular complexity index is 178. The number of alkyl halides is 1. The first-order chi connectivity index (χ1) is 6.15. The lowest BCUT2D eigenvalue weighted by atomic mass is 9.84. The zero-order valence-corrected chi connectivity index (χ0v) is 9.93. The maximum Gasteiger partial charge on any atom is 0.223 e. The van der Waals surface area contributed by atoms with Crippen molar-refractivity contribution < 1.29 is 4.79 Å². The summed E-state index contributed by atoms with van der Waals surface area (Å²) in [6.07, 6.45) is 3.39. The Morgan fingerprint density at radius 2 is 2.15 bits per heavy atom. The molecule has 1 amide bonds. The molecular weight excluding hydrogens is 230 g/mol. The van der Waals surface area contributed by atoms with Gasteiger partial charge in [0.15, 0.2) is 0 Å². The Morgan fingerprint density at radius 1 is 1.54 bits per heavy atom. The van der Waals surface area contributed by atoms with Gasteiger partial charge >= 0.3 is 0 Å². The third kappa shape index (κ3) is 2.97. The van der Waals surface area contributed by atoms with Gasteiger partial charge in [0.25, 0.3) is 0 Å².